The van der Waals surface area contributed by atoms with Gasteiger partial charge in [0.25, 0.3) is 10.0 Å². The van der Waals surface area contributed by atoms with Gasteiger partial charge in [0.15, 0.2) is 0 Å². The van der Waals surface area contributed by atoms with Crippen LogP contribution in [0.2, 0.25) is 0 Å². The quantitative estimate of drug-likeness (QED) is 0.646. The fraction of sp³-hybridized carbons (Fsp3) is 0.619. The van der Waals surface area contributed by atoms with E-state index in [1.807, 2.05) is 0 Å². The van der Waals surface area contributed by atoms with Crippen molar-refractivity contribution in [3.05, 3.63) is 28.7 Å². The summed E-state index contributed by atoms with van der Waals surface area (Å²) in [6, 6.07) is 6.48. The van der Waals surface area contributed by atoms with E-state index in [4.69, 9.17) is 0 Å². The molecular formula is C21H29BrN2O3S. The summed E-state index contributed by atoms with van der Waals surface area (Å²) in [5.74, 6) is 1.17. The van der Waals surface area contributed by atoms with Crippen LogP contribution in [-0.4, -0.2) is 19.9 Å². The van der Waals surface area contributed by atoms with Crippen LogP contribution in [0.15, 0.2) is 38.7 Å². The Labute approximate surface area is 176 Å². The lowest BCUT2D eigenvalue weighted by Crippen LogP contribution is -2.43. The van der Waals surface area contributed by atoms with Gasteiger partial charge in [0.1, 0.15) is 5.78 Å². The van der Waals surface area contributed by atoms with E-state index in [1.165, 1.54) is 0 Å². The molecule has 2 saturated carbocycles. The maximum absolute atomic E-state index is 12.7. The summed E-state index contributed by atoms with van der Waals surface area (Å²) >= 11 is 3.31. The largest absolute Gasteiger partial charge is 0.299 e. The lowest BCUT2D eigenvalue weighted by atomic mass is 9.59. The van der Waals surface area contributed by atoms with Gasteiger partial charge in [-0.15, -0.1) is 0 Å². The molecule has 1 aromatic rings. The Morgan fingerprint density at radius 3 is 2.46 bits per heavy atom. The first-order valence-corrected chi connectivity index (χ1v) is 12.2. The summed E-state index contributed by atoms with van der Waals surface area (Å²) in [6.45, 7) is 8.49. The molecule has 2 fully saturated rings. The van der Waals surface area contributed by atoms with Gasteiger partial charge in [-0.05, 0) is 66.7 Å². The van der Waals surface area contributed by atoms with Crippen LogP contribution in [0.1, 0.15) is 53.4 Å². The van der Waals surface area contributed by atoms with E-state index >= 15 is 0 Å². The second-order valence-corrected chi connectivity index (χ2v) is 11.4. The highest BCUT2D eigenvalue weighted by atomic mass is 79.9. The van der Waals surface area contributed by atoms with Gasteiger partial charge in [-0.3, -0.25) is 4.79 Å². The Hall–Kier alpha value is -1.21. The van der Waals surface area contributed by atoms with Crippen molar-refractivity contribution in [2.75, 3.05) is 0 Å². The zero-order chi connectivity index (χ0) is 20.7. The number of nitrogens with zero attached hydrogens (tertiary/aromatic N) is 1. The Bertz CT molecular complexity index is 879. The van der Waals surface area contributed by atoms with Gasteiger partial charge in [-0.2, -0.15) is 13.5 Å². The van der Waals surface area contributed by atoms with Crippen molar-refractivity contribution in [2.45, 2.75) is 58.3 Å². The lowest BCUT2D eigenvalue weighted by molar-refractivity contribution is -0.124. The van der Waals surface area contributed by atoms with Gasteiger partial charge >= 0.3 is 0 Å². The van der Waals surface area contributed by atoms with Gasteiger partial charge in [0.05, 0.1) is 4.90 Å². The monoisotopic (exact) mass is 468 g/mol. The van der Waals surface area contributed by atoms with Crippen molar-refractivity contribution < 1.29 is 13.2 Å². The summed E-state index contributed by atoms with van der Waals surface area (Å²) in [7, 11) is -3.71. The molecule has 2 aliphatic carbocycles. The zero-order valence-corrected chi connectivity index (χ0v) is 19.3. The maximum atomic E-state index is 12.7. The number of ketones is 1. The Kier molecular flexibility index (Phi) is 6.07. The molecule has 0 amide bonds. The summed E-state index contributed by atoms with van der Waals surface area (Å²) in [5, 5.41) is 4.36. The molecule has 0 radical (unpaired) electrons. The molecule has 7 heteroatoms. The number of rotatable bonds is 4. The van der Waals surface area contributed by atoms with Crippen molar-refractivity contribution in [2.24, 2.45) is 34.2 Å². The topological polar surface area (TPSA) is 75.6 Å². The fourth-order valence-corrected chi connectivity index (χ4v) is 6.27. The molecule has 4 unspecified atom stereocenters. The van der Waals surface area contributed by atoms with Crippen LogP contribution in [0.25, 0.3) is 0 Å². The molecule has 4 atom stereocenters. The third kappa shape index (κ3) is 3.92. The third-order valence-electron chi connectivity index (χ3n) is 6.68. The Balaban J connectivity index is 1.87. The number of hydrazone groups is 1. The molecule has 0 aliphatic heterocycles. The molecule has 154 valence electrons. The summed E-state index contributed by atoms with van der Waals surface area (Å²) < 4.78 is 26.0. The van der Waals surface area contributed by atoms with E-state index < -0.39 is 10.0 Å². The summed E-state index contributed by atoms with van der Waals surface area (Å²) in [4.78, 5) is 15.3. The van der Waals surface area contributed by atoms with Crippen molar-refractivity contribution in [1.29, 1.82) is 0 Å². The summed E-state index contributed by atoms with van der Waals surface area (Å²) in [5.41, 5.74) is 0.763. The minimum absolute atomic E-state index is 0.0308. The highest BCUT2D eigenvalue weighted by molar-refractivity contribution is 9.10. The van der Waals surface area contributed by atoms with E-state index in [0.29, 0.717) is 24.5 Å². The predicted molar refractivity (Wildman–Crippen MR) is 114 cm³/mol. The van der Waals surface area contributed by atoms with E-state index in [0.717, 1.165) is 23.0 Å². The number of carbonyl (C=O) groups is 1. The molecule has 1 N–H and O–H groups in total. The average molecular weight is 469 g/mol. The number of halogens is 1. The maximum Gasteiger partial charge on any atom is 0.276 e. The normalized spacial score (nSPS) is 32.4. The third-order valence-corrected chi connectivity index (χ3v) is 8.43. The van der Waals surface area contributed by atoms with Gasteiger partial charge in [-0.25, -0.2) is 4.83 Å². The number of nitrogens with one attached hydrogen (secondary N) is 1. The smallest absolute Gasteiger partial charge is 0.276 e. The second kappa shape index (κ2) is 7.90. The molecule has 28 heavy (non-hydrogen) atoms. The molecule has 0 saturated heterocycles. The van der Waals surface area contributed by atoms with Crippen molar-refractivity contribution in [3.8, 4) is 0 Å². The molecular weight excluding hydrogens is 440 g/mol. The van der Waals surface area contributed by atoms with E-state index in [9.17, 15) is 13.2 Å². The molecule has 2 aliphatic rings. The van der Waals surface area contributed by atoms with Crippen LogP contribution in [0.3, 0.4) is 0 Å². The Morgan fingerprint density at radius 1 is 1.21 bits per heavy atom. The minimum Gasteiger partial charge on any atom is -0.299 e. The van der Waals surface area contributed by atoms with Crippen LogP contribution in [0.5, 0.6) is 0 Å². The van der Waals surface area contributed by atoms with Gasteiger partial charge < -0.3 is 0 Å². The molecule has 1 aromatic carbocycles. The summed E-state index contributed by atoms with van der Waals surface area (Å²) in [6.07, 6.45) is 3.24. The van der Waals surface area contributed by atoms with Crippen LogP contribution >= 0.6 is 15.9 Å². The molecule has 1 spiro atoms. The number of hydrogen-bond acceptors (Lipinski definition) is 4. The minimum atomic E-state index is -3.71. The number of sulfonamides is 1. The van der Waals surface area contributed by atoms with E-state index in [2.05, 4.69) is 53.6 Å². The van der Waals surface area contributed by atoms with Crippen LogP contribution in [0.4, 0.5) is 0 Å². The highest BCUT2D eigenvalue weighted by Gasteiger charge is 2.55. The van der Waals surface area contributed by atoms with E-state index in [-0.39, 0.29) is 28.1 Å². The van der Waals surface area contributed by atoms with Crippen LogP contribution in [-0.2, 0) is 14.8 Å². The van der Waals surface area contributed by atoms with Crippen molar-refractivity contribution in [1.82, 2.24) is 4.83 Å². The molecule has 5 nitrogen and oxygen atoms in total. The predicted octanol–water partition coefficient (Wildman–Crippen LogP) is 4.77. The second-order valence-electron chi connectivity index (χ2n) is 8.79. The SMILES string of the molecule is CC1CCC2(CC1=NNS(=O)(=O)c1ccc(Br)cc1)C(C)CC(=O)C2C(C)C. The lowest BCUT2D eigenvalue weighted by Gasteiger charge is -2.45. The number of hydrogen-bond donors (Lipinski definition) is 1. The average Bonchev–Trinajstić information content (AvgIpc) is 2.86. The number of carbonyl (C=O) groups excluding carboxylic acids is 1. The molecule has 0 bridgehead atoms. The van der Waals surface area contributed by atoms with Crippen LogP contribution in [0, 0.1) is 29.1 Å². The zero-order valence-electron chi connectivity index (χ0n) is 16.9. The van der Waals surface area contributed by atoms with Crippen LogP contribution < -0.4 is 4.83 Å². The van der Waals surface area contributed by atoms with Gasteiger partial charge in [0, 0.05) is 22.5 Å². The first kappa shape index (κ1) is 21.5. The number of Topliss-reactive ketones (excluding diaryl/α,β-unsaturated/α-hetero) is 1. The fourth-order valence-electron chi connectivity index (χ4n) is 5.17. The van der Waals surface area contributed by atoms with Crippen molar-refractivity contribution >= 4 is 37.4 Å². The number of benzene rings is 1. The van der Waals surface area contributed by atoms with E-state index in [1.54, 1.807) is 24.3 Å². The Morgan fingerprint density at radius 2 is 1.86 bits per heavy atom. The first-order valence-electron chi connectivity index (χ1n) is 9.93. The van der Waals surface area contributed by atoms with Gasteiger partial charge in [0.2, 0.25) is 0 Å². The van der Waals surface area contributed by atoms with Gasteiger partial charge in [-0.1, -0.05) is 43.6 Å². The highest BCUT2D eigenvalue weighted by Crippen LogP contribution is 2.57. The van der Waals surface area contributed by atoms with Crippen molar-refractivity contribution in [3.63, 3.8) is 0 Å². The molecule has 0 aromatic heterocycles. The molecule has 3 rings (SSSR count). The first-order chi connectivity index (χ1) is 13.1. The molecule has 0 heterocycles. The standard InChI is InChI=1S/C21H29BrN2O3S/c1-13(2)20-19(25)11-15(4)21(20)10-9-14(3)18(12-21)23-24-28(26,27)17-7-5-16(22)6-8-17/h5-8,13-15,20,24H,9-12H2,1-4H3.